The fourth-order valence-electron chi connectivity index (χ4n) is 7.11. The van der Waals surface area contributed by atoms with Gasteiger partial charge in [-0.15, -0.1) is 0 Å². The maximum atomic E-state index is 11.1. The molecule has 3 aromatic rings. The molecule has 166 valence electrons. The Bertz CT molecular complexity index is 1150. The second-order valence-corrected chi connectivity index (χ2v) is 10.3. The van der Waals surface area contributed by atoms with Crippen LogP contribution in [0, 0.1) is 11.8 Å². The van der Waals surface area contributed by atoms with Crippen LogP contribution in [0.4, 0.5) is 0 Å². The van der Waals surface area contributed by atoms with Crippen LogP contribution < -0.4 is 0 Å². The molecule has 4 atom stereocenters. The van der Waals surface area contributed by atoms with Gasteiger partial charge < -0.3 is 10.1 Å². The second kappa shape index (κ2) is 7.90. The third-order valence-corrected chi connectivity index (χ3v) is 8.50. The number of hydrogen-bond donors (Lipinski definition) is 2. The predicted octanol–water partition coefficient (Wildman–Crippen LogP) is 5.90. The number of fused-ring (bicyclic) bond motifs is 6. The maximum Gasteiger partial charge on any atom is 0.0756 e. The number of benzene rings is 2. The summed E-state index contributed by atoms with van der Waals surface area (Å²) < 4.78 is 0. The average Bonchev–Trinajstić information content (AvgIpc) is 3.19. The molecule has 1 saturated heterocycles. The Morgan fingerprint density at radius 2 is 1.91 bits per heavy atom. The van der Waals surface area contributed by atoms with E-state index in [0.29, 0.717) is 11.8 Å². The highest BCUT2D eigenvalue weighted by Gasteiger charge is 2.51. The van der Waals surface area contributed by atoms with E-state index in [2.05, 4.69) is 77.5 Å². The normalized spacial score (nSPS) is 31.3. The summed E-state index contributed by atoms with van der Waals surface area (Å²) in [7, 11) is 0. The Labute approximate surface area is 191 Å². The number of aromatic nitrogens is 1. The van der Waals surface area contributed by atoms with Crippen LogP contribution in [0.1, 0.15) is 55.8 Å². The molecule has 0 radical (unpaired) electrons. The zero-order valence-electron chi connectivity index (χ0n) is 19.1. The summed E-state index contributed by atoms with van der Waals surface area (Å²) in [4.78, 5) is 6.69. The second-order valence-electron chi connectivity index (χ2n) is 10.3. The first-order valence-electron chi connectivity index (χ1n) is 12.5. The number of para-hydroxylation sites is 1. The van der Waals surface area contributed by atoms with E-state index in [1.54, 1.807) is 5.56 Å². The van der Waals surface area contributed by atoms with Crippen molar-refractivity contribution in [3.63, 3.8) is 0 Å². The maximum absolute atomic E-state index is 11.1. The van der Waals surface area contributed by atoms with E-state index in [9.17, 15) is 5.11 Å². The minimum absolute atomic E-state index is 0.100. The van der Waals surface area contributed by atoms with Crippen molar-refractivity contribution < 1.29 is 5.11 Å². The molecule has 3 nitrogen and oxygen atoms in total. The number of H-pyrrole nitrogens is 1. The molecule has 0 bridgehead atoms. The molecular weight excluding hydrogens is 392 g/mol. The van der Waals surface area contributed by atoms with E-state index in [0.717, 1.165) is 32.4 Å². The van der Waals surface area contributed by atoms with Gasteiger partial charge in [-0.3, -0.25) is 4.90 Å². The third-order valence-electron chi connectivity index (χ3n) is 8.50. The summed E-state index contributed by atoms with van der Waals surface area (Å²) in [5.41, 5.74) is 6.84. The van der Waals surface area contributed by atoms with Crippen molar-refractivity contribution in [1.82, 2.24) is 9.88 Å². The van der Waals surface area contributed by atoms with Crippen molar-refractivity contribution in [2.45, 2.75) is 57.1 Å². The zero-order valence-corrected chi connectivity index (χ0v) is 19.1. The smallest absolute Gasteiger partial charge is 0.0756 e. The van der Waals surface area contributed by atoms with Crippen LogP contribution in [0.2, 0.25) is 0 Å². The first-order valence-corrected chi connectivity index (χ1v) is 12.5. The lowest BCUT2D eigenvalue weighted by molar-refractivity contribution is -0.0549. The number of hydrogen-bond acceptors (Lipinski definition) is 2. The number of aliphatic hydroxyl groups excluding tert-OH is 1. The SMILES string of the molecule is CCC[C@@]12CC3C[C@H](O)C(=Cc4ccccc4)CC3CN1CCc1c2[nH]c2ccccc12. The van der Waals surface area contributed by atoms with Crippen molar-refractivity contribution in [3.05, 3.63) is 77.0 Å². The highest BCUT2D eigenvalue weighted by atomic mass is 16.3. The quantitative estimate of drug-likeness (QED) is 0.548. The number of nitrogens with one attached hydrogen (secondary N) is 1. The van der Waals surface area contributed by atoms with E-state index in [-0.39, 0.29) is 11.6 Å². The number of aliphatic hydroxyl groups is 1. The lowest BCUT2D eigenvalue weighted by Crippen LogP contribution is -2.59. The van der Waals surface area contributed by atoms with Crippen LogP contribution >= 0.6 is 0 Å². The molecule has 1 aromatic heterocycles. The first-order chi connectivity index (χ1) is 15.7. The molecule has 2 aliphatic heterocycles. The highest BCUT2D eigenvalue weighted by Crippen LogP contribution is 2.53. The molecule has 1 saturated carbocycles. The van der Waals surface area contributed by atoms with Gasteiger partial charge in [0.25, 0.3) is 0 Å². The van der Waals surface area contributed by atoms with Gasteiger partial charge in [-0.25, -0.2) is 0 Å². The van der Waals surface area contributed by atoms with Crippen LogP contribution in [0.15, 0.2) is 60.2 Å². The molecule has 3 aliphatic rings. The zero-order chi connectivity index (χ0) is 21.7. The summed E-state index contributed by atoms with van der Waals surface area (Å²) >= 11 is 0. The van der Waals surface area contributed by atoms with E-state index in [1.807, 2.05) is 0 Å². The average molecular weight is 427 g/mol. The first kappa shape index (κ1) is 20.3. The molecule has 2 N–H and O–H groups in total. The molecule has 1 aliphatic carbocycles. The lowest BCUT2D eigenvalue weighted by atomic mass is 9.63. The molecule has 32 heavy (non-hydrogen) atoms. The minimum Gasteiger partial charge on any atom is -0.389 e. The van der Waals surface area contributed by atoms with Crippen LogP contribution in [0.5, 0.6) is 0 Å². The van der Waals surface area contributed by atoms with Gasteiger partial charge >= 0.3 is 0 Å². The fourth-order valence-corrected chi connectivity index (χ4v) is 7.11. The molecule has 0 spiro atoms. The van der Waals surface area contributed by atoms with Gasteiger partial charge in [-0.1, -0.05) is 68.0 Å². The van der Waals surface area contributed by atoms with Crippen molar-refractivity contribution in [2.75, 3.05) is 13.1 Å². The number of piperidine rings is 1. The molecule has 6 rings (SSSR count). The minimum atomic E-state index is -0.313. The Hall–Kier alpha value is -2.36. The van der Waals surface area contributed by atoms with Gasteiger partial charge in [-0.2, -0.15) is 0 Å². The molecule has 3 heterocycles. The number of aromatic amines is 1. The van der Waals surface area contributed by atoms with Crippen LogP contribution in [-0.2, 0) is 12.0 Å². The van der Waals surface area contributed by atoms with Crippen molar-refractivity contribution in [3.8, 4) is 0 Å². The lowest BCUT2D eigenvalue weighted by Gasteiger charge is -2.56. The van der Waals surface area contributed by atoms with Gasteiger partial charge in [0, 0.05) is 29.7 Å². The van der Waals surface area contributed by atoms with Crippen LogP contribution in [-0.4, -0.2) is 34.2 Å². The van der Waals surface area contributed by atoms with Crippen molar-refractivity contribution in [2.24, 2.45) is 11.8 Å². The van der Waals surface area contributed by atoms with Gasteiger partial charge in [0.05, 0.1) is 11.6 Å². The Morgan fingerprint density at radius 3 is 2.75 bits per heavy atom. The van der Waals surface area contributed by atoms with Crippen molar-refractivity contribution >= 4 is 17.0 Å². The fraction of sp³-hybridized carbons (Fsp3) is 0.448. The Kier molecular flexibility index (Phi) is 5.00. The molecular formula is C29H34N2O. The summed E-state index contributed by atoms with van der Waals surface area (Å²) in [5, 5.41) is 12.5. The van der Waals surface area contributed by atoms with E-state index in [4.69, 9.17) is 0 Å². The molecule has 2 unspecified atom stereocenters. The predicted molar refractivity (Wildman–Crippen MR) is 131 cm³/mol. The Balaban J connectivity index is 1.35. The van der Waals surface area contributed by atoms with Crippen LogP contribution in [0.25, 0.3) is 17.0 Å². The number of nitrogens with zero attached hydrogens (tertiary/aromatic N) is 1. The summed E-state index contributed by atoms with van der Waals surface area (Å²) in [6, 6.07) is 19.3. The van der Waals surface area contributed by atoms with Crippen molar-refractivity contribution in [1.29, 1.82) is 0 Å². The summed E-state index contributed by atoms with van der Waals surface area (Å²) in [6.45, 7) is 4.63. The van der Waals surface area contributed by atoms with Gasteiger partial charge in [-0.05, 0) is 66.7 Å². The molecule has 2 fully saturated rings. The Morgan fingerprint density at radius 1 is 1.09 bits per heavy atom. The standard InChI is InChI=1S/C29H34N2O/c1-2-13-29-18-22-17-27(32)21(15-20-8-4-3-5-9-20)16-23(22)19-31(29)14-12-25-24-10-6-7-11-26(24)30-28(25)29/h3-11,15,22-23,27,30,32H,2,12-14,16-19H2,1H3/t22?,23?,27-,29-/m0/s1. The molecule has 0 amide bonds. The molecule has 3 heteroatoms. The van der Waals surface area contributed by atoms with Gasteiger partial charge in [0.2, 0.25) is 0 Å². The number of rotatable bonds is 3. The third kappa shape index (κ3) is 3.17. The van der Waals surface area contributed by atoms with E-state index in [1.165, 1.54) is 47.0 Å². The topological polar surface area (TPSA) is 39.3 Å². The largest absolute Gasteiger partial charge is 0.389 e. The van der Waals surface area contributed by atoms with E-state index >= 15 is 0 Å². The highest BCUT2D eigenvalue weighted by molar-refractivity contribution is 5.85. The van der Waals surface area contributed by atoms with Gasteiger partial charge in [0.15, 0.2) is 0 Å². The molecule has 2 aromatic carbocycles. The monoisotopic (exact) mass is 426 g/mol. The van der Waals surface area contributed by atoms with E-state index < -0.39 is 0 Å². The van der Waals surface area contributed by atoms with Crippen LogP contribution in [0.3, 0.4) is 0 Å². The summed E-state index contributed by atoms with van der Waals surface area (Å²) in [6.07, 6.45) is 8.53. The van der Waals surface area contributed by atoms with Gasteiger partial charge in [0.1, 0.15) is 0 Å². The summed E-state index contributed by atoms with van der Waals surface area (Å²) in [5.74, 6) is 1.22.